The Balaban J connectivity index is 0.00000392. The van der Waals surface area contributed by atoms with E-state index in [9.17, 15) is 0 Å². The van der Waals surface area contributed by atoms with Gasteiger partial charge in [-0.05, 0) is 57.0 Å². The zero-order chi connectivity index (χ0) is 19.6. The van der Waals surface area contributed by atoms with Crippen LogP contribution in [0.1, 0.15) is 23.9 Å². The third-order valence-corrected chi connectivity index (χ3v) is 4.36. The zero-order valence-corrected chi connectivity index (χ0v) is 19.7. The van der Waals surface area contributed by atoms with Crippen molar-refractivity contribution in [2.75, 3.05) is 33.4 Å². The molecule has 0 aliphatic heterocycles. The van der Waals surface area contributed by atoms with E-state index in [4.69, 9.17) is 9.47 Å². The van der Waals surface area contributed by atoms with E-state index in [1.165, 1.54) is 11.3 Å². The Kier molecular flexibility index (Phi) is 10.7. The van der Waals surface area contributed by atoms with Crippen LogP contribution in [0.25, 0.3) is 0 Å². The molecule has 0 amide bonds. The first kappa shape index (κ1) is 24.1. The summed E-state index contributed by atoms with van der Waals surface area (Å²) in [5.41, 5.74) is 3.56. The number of halogens is 1. The van der Waals surface area contributed by atoms with E-state index in [2.05, 4.69) is 34.6 Å². The minimum atomic E-state index is 0. The Labute approximate surface area is 184 Å². The summed E-state index contributed by atoms with van der Waals surface area (Å²) in [4.78, 5) is 4.65. The van der Waals surface area contributed by atoms with Gasteiger partial charge in [-0.1, -0.05) is 0 Å². The second-order valence-corrected chi connectivity index (χ2v) is 6.23. The summed E-state index contributed by atoms with van der Waals surface area (Å²) >= 11 is 0. The SMILES string of the molecule is CCNC(=NCCc1c(C)nn(C)c1C)NCCOc1ccc(OC)cc1.I. The predicted molar refractivity (Wildman–Crippen MR) is 124 cm³/mol. The van der Waals surface area contributed by atoms with E-state index in [0.717, 1.165) is 36.1 Å². The van der Waals surface area contributed by atoms with Crippen LogP contribution in [0.4, 0.5) is 0 Å². The zero-order valence-electron chi connectivity index (χ0n) is 17.4. The molecule has 2 N–H and O–H groups in total. The van der Waals surface area contributed by atoms with Gasteiger partial charge in [0.05, 0.1) is 19.3 Å². The molecule has 7 nitrogen and oxygen atoms in total. The van der Waals surface area contributed by atoms with Crippen molar-refractivity contribution in [2.45, 2.75) is 27.2 Å². The Morgan fingerprint density at radius 3 is 2.39 bits per heavy atom. The van der Waals surface area contributed by atoms with Gasteiger partial charge in [-0.15, -0.1) is 24.0 Å². The standard InChI is InChI=1S/C20H31N5O2.HI/c1-6-21-20(22-12-11-19-15(2)24-25(4)16(19)3)23-13-14-27-18-9-7-17(26-5)8-10-18;/h7-10H,6,11-14H2,1-5H3,(H2,21,22,23);1H. The summed E-state index contributed by atoms with van der Waals surface area (Å²) in [5, 5.41) is 11.0. The molecule has 0 unspecified atom stereocenters. The van der Waals surface area contributed by atoms with Crippen LogP contribution >= 0.6 is 24.0 Å². The fraction of sp³-hybridized carbons (Fsp3) is 0.500. The number of aliphatic imine (C=N–C) groups is 1. The van der Waals surface area contributed by atoms with Crippen LogP contribution in [0.15, 0.2) is 29.3 Å². The van der Waals surface area contributed by atoms with Crippen LogP contribution in [0.5, 0.6) is 11.5 Å². The maximum atomic E-state index is 5.73. The minimum absolute atomic E-state index is 0. The summed E-state index contributed by atoms with van der Waals surface area (Å²) in [6, 6.07) is 7.57. The van der Waals surface area contributed by atoms with Crippen molar-refractivity contribution in [2.24, 2.45) is 12.0 Å². The quantitative estimate of drug-likeness (QED) is 0.239. The maximum Gasteiger partial charge on any atom is 0.191 e. The van der Waals surface area contributed by atoms with Crippen LogP contribution < -0.4 is 20.1 Å². The van der Waals surface area contributed by atoms with Crippen molar-refractivity contribution in [3.8, 4) is 11.5 Å². The molecule has 1 aromatic carbocycles. The lowest BCUT2D eigenvalue weighted by molar-refractivity contribution is 0.321. The number of hydrogen-bond acceptors (Lipinski definition) is 4. The summed E-state index contributed by atoms with van der Waals surface area (Å²) in [5.74, 6) is 2.44. The monoisotopic (exact) mass is 501 g/mol. The third kappa shape index (κ3) is 7.21. The van der Waals surface area contributed by atoms with Crippen molar-refractivity contribution >= 4 is 29.9 Å². The van der Waals surface area contributed by atoms with Crippen molar-refractivity contribution in [1.29, 1.82) is 0 Å². The van der Waals surface area contributed by atoms with E-state index in [-0.39, 0.29) is 24.0 Å². The number of methoxy groups -OCH3 is 1. The van der Waals surface area contributed by atoms with Gasteiger partial charge in [-0.3, -0.25) is 9.67 Å². The van der Waals surface area contributed by atoms with Crippen molar-refractivity contribution < 1.29 is 9.47 Å². The molecule has 0 aliphatic carbocycles. The lowest BCUT2D eigenvalue weighted by atomic mass is 10.1. The van der Waals surface area contributed by atoms with E-state index in [0.29, 0.717) is 19.7 Å². The number of ether oxygens (including phenoxy) is 2. The predicted octanol–water partition coefficient (Wildman–Crippen LogP) is 2.84. The topological polar surface area (TPSA) is 72.7 Å². The highest BCUT2D eigenvalue weighted by atomic mass is 127. The van der Waals surface area contributed by atoms with Gasteiger partial charge in [-0.2, -0.15) is 5.10 Å². The smallest absolute Gasteiger partial charge is 0.191 e. The van der Waals surface area contributed by atoms with Crippen LogP contribution in [0.2, 0.25) is 0 Å². The average Bonchev–Trinajstić information content (AvgIpc) is 2.91. The summed E-state index contributed by atoms with van der Waals surface area (Å²) < 4.78 is 12.8. The molecule has 1 aromatic heterocycles. The van der Waals surface area contributed by atoms with Crippen molar-refractivity contribution in [3.63, 3.8) is 0 Å². The van der Waals surface area contributed by atoms with E-state index < -0.39 is 0 Å². The number of aromatic nitrogens is 2. The van der Waals surface area contributed by atoms with Gasteiger partial charge in [-0.25, -0.2) is 0 Å². The number of nitrogens with zero attached hydrogens (tertiary/aromatic N) is 3. The fourth-order valence-corrected chi connectivity index (χ4v) is 2.81. The molecule has 0 spiro atoms. The molecule has 0 radical (unpaired) electrons. The molecule has 8 heteroatoms. The number of aryl methyl sites for hydroxylation is 2. The second kappa shape index (κ2) is 12.5. The van der Waals surface area contributed by atoms with Crippen LogP contribution in [0.3, 0.4) is 0 Å². The van der Waals surface area contributed by atoms with Crippen molar-refractivity contribution in [3.05, 3.63) is 41.2 Å². The Morgan fingerprint density at radius 1 is 1.14 bits per heavy atom. The highest BCUT2D eigenvalue weighted by Crippen LogP contribution is 2.16. The molecule has 0 aliphatic rings. The van der Waals surface area contributed by atoms with Crippen LogP contribution in [0, 0.1) is 13.8 Å². The van der Waals surface area contributed by atoms with Gasteiger partial charge >= 0.3 is 0 Å². The van der Waals surface area contributed by atoms with Crippen LogP contribution in [-0.2, 0) is 13.5 Å². The number of guanidine groups is 1. The lowest BCUT2D eigenvalue weighted by Crippen LogP contribution is -2.39. The second-order valence-electron chi connectivity index (χ2n) is 6.23. The molecular weight excluding hydrogens is 469 g/mol. The van der Waals surface area contributed by atoms with Gasteiger partial charge in [0.15, 0.2) is 5.96 Å². The Morgan fingerprint density at radius 2 is 1.82 bits per heavy atom. The molecule has 0 bridgehead atoms. The molecule has 28 heavy (non-hydrogen) atoms. The van der Waals surface area contributed by atoms with Gasteiger partial charge in [0.1, 0.15) is 18.1 Å². The number of benzene rings is 1. The maximum absolute atomic E-state index is 5.73. The van der Waals surface area contributed by atoms with E-state index in [1.807, 2.05) is 42.9 Å². The first-order chi connectivity index (χ1) is 13.0. The molecule has 1 heterocycles. The van der Waals surface area contributed by atoms with E-state index in [1.54, 1.807) is 7.11 Å². The molecule has 2 aromatic rings. The Bertz CT molecular complexity index is 744. The van der Waals surface area contributed by atoms with Gasteiger partial charge < -0.3 is 20.1 Å². The van der Waals surface area contributed by atoms with Gasteiger partial charge in [0, 0.05) is 25.8 Å². The molecule has 2 rings (SSSR count). The number of hydrogen-bond donors (Lipinski definition) is 2. The van der Waals surface area contributed by atoms with Gasteiger partial charge in [0.25, 0.3) is 0 Å². The van der Waals surface area contributed by atoms with Crippen LogP contribution in [-0.4, -0.2) is 49.1 Å². The largest absolute Gasteiger partial charge is 0.497 e. The lowest BCUT2D eigenvalue weighted by Gasteiger charge is -2.12. The number of rotatable bonds is 9. The number of nitrogens with one attached hydrogen (secondary N) is 2. The van der Waals surface area contributed by atoms with Gasteiger partial charge in [0.2, 0.25) is 0 Å². The minimum Gasteiger partial charge on any atom is -0.497 e. The third-order valence-electron chi connectivity index (χ3n) is 4.36. The summed E-state index contributed by atoms with van der Waals surface area (Å²) in [6.45, 7) is 8.95. The highest BCUT2D eigenvalue weighted by Gasteiger charge is 2.08. The van der Waals surface area contributed by atoms with Crippen molar-refractivity contribution in [1.82, 2.24) is 20.4 Å². The molecular formula is C20H32IN5O2. The highest BCUT2D eigenvalue weighted by molar-refractivity contribution is 14.0. The normalized spacial score (nSPS) is 11.0. The first-order valence-corrected chi connectivity index (χ1v) is 9.33. The first-order valence-electron chi connectivity index (χ1n) is 9.33. The van der Waals surface area contributed by atoms with E-state index >= 15 is 0 Å². The molecule has 0 fully saturated rings. The molecule has 0 atom stereocenters. The molecule has 0 saturated heterocycles. The summed E-state index contributed by atoms with van der Waals surface area (Å²) in [7, 11) is 3.63. The molecule has 0 saturated carbocycles. The summed E-state index contributed by atoms with van der Waals surface area (Å²) in [6.07, 6.45) is 0.879. The average molecular weight is 501 g/mol. The molecule has 156 valence electrons. The fourth-order valence-electron chi connectivity index (χ4n) is 2.81. The Hall–Kier alpha value is -1.97.